The lowest BCUT2D eigenvalue weighted by atomic mass is 9.33. The van der Waals surface area contributed by atoms with Crippen LogP contribution < -0.4 is 0 Å². The van der Waals surface area contributed by atoms with Gasteiger partial charge in [0.05, 0.1) is 12.0 Å². The molecule has 16 heteroatoms. The number of allylic oxidation sites excluding steroid dienone is 2. The number of carboxylic acid groups (broad SMARTS) is 3. The summed E-state index contributed by atoms with van der Waals surface area (Å²) in [7, 11) is 0. The maximum atomic E-state index is 14.8. The maximum absolute atomic E-state index is 14.8. The van der Waals surface area contributed by atoms with Crippen LogP contribution in [0.5, 0.6) is 0 Å². The zero-order valence-corrected chi connectivity index (χ0v) is 33.4. The SMILES string of the molecule is CC1(C)[C@@H](O[C@H]2O[C@H](C(=O)O)[C@@H](O)[C@H](O)[C@H]2O[C@@H]2O[C@H](C(=O)O)[C@@H](O)[C@H](O)[C@H]2O)CC[C@]2(C)[C@H]3C(=O)C=C4[C@@H]5C[C@@H](C(=O)O)CC[C@]5(C)CC[C@@]4(C)[C@]3(C)CC[C@@H]12. The molecule has 0 unspecified atom stereocenters. The van der Waals surface area contributed by atoms with E-state index in [2.05, 4.69) is 27.7 Å². The van der Waals surface area contributed by atoms with Crippen LogP contribution in [0.4, 0.5) is 0 Å². The molecule has 8 N–H and O–H groups in total. The summed E-state index contributed by atoms with van der Waals surface area (Å²) >= 11 is 0. The average Bonchev–Trinajstić information content (AvgIpc) is 3.12. The summed E-state index contributed by atoms with van der Waals surface area (Å²) in [6.45, 7) is 13.0. The fraction of sp³-hybridized carbons (Fsp3) is 0.854. The van der Waals surface area contributed by atoms with E-state index in [0.717, 1.165) is 37.7 Å². The maximum Gasteiger partial charge on any atom is 0.335 e. The molecule has 16 nitrogen and oxygen atoms in total. The zero-order valence-electron chi connectivity index (χ0n) is 33.4. The minimum atomic E-state index is -2.05. The highest BCUT2D eigenvalue weighted by atomic mass is 16.8. The Kier molecular flexibility index (Phi) is 10.7. The predicted molar refractivity (Wildman–Crippen MR) is 195 cm³/mol. The van der Waals surface area contributed by atoms with Gasteiger partial charge in [0, 0.05) is 5.92 Å². The quantitative estimate of drug-likeness (QED) is 0.171. The van der Waals surface area contributed by atoms with Gasteiger partial charge in [-0.05, 0) is 103 Å². The molecule has 0 amide bonds. The minimum Gasteiger partial charge on any atom is -0.481 e. The molecule has 2 aliphatic heterocycles. The van der Waals surface area contributed by atoms with Gasteiger partial charge in [-0.3, -0.25) is 9.59 Å². The third-order valence-electron chi connectivity index (χ3n) is 16.7. The van der Waals surface area contributed by atoms with Gasteiger partial charge in [-0.1, -0.05) is 47.1 Å². The summed E-state index contributed by atoms with van der Waals surface area (Å²) in [4.78, 5) is 50.9. The number of rotatable bonds is 7. The Morgan fingerprint density at radius 1 is 0.684 bits per heavy atom. The van der Waals surface area contributed by atoms with E-state index in [-0.39, 0.29) is 34.4 Å². The molecular formula is C41H60O16. The Hall–Kier alpha value is -2.54. The van der Waals surface area contributed by atoms with E-state index in [1.54, 1.807) is 0 Å². The number of ketones is 1. The van der Waals surface area contributed by atoms with Gasteiger partial charge in [0.1, 0.15) is 36.6 Å². The number of aliphatic hydroxyl groups is 5. The van der Waals surface area contributed by atoms with Crippen molar-refractivity contribution in [2.24, 2.45) is 50.7 Å². The van der Waals surface area contributed by atoms with Gasteiger partial charge >= 0.3 is 17.9 Å². The highest BCUT2D eigenvalue weighted by molar-refractivity contribution is 5.95. The molecule has 6 fully saturated rings. The van der Waals surface area contributed by atoms with E-state index in [0.29, 0.717) is 25.7 Å². The summed E-state index contributed by atoms with van der Waals surface area (Å²) in [6, 6.07) is 0. The lowest BCUT2D eigenvalue weighted by Gasteiger charge is -2.70. The van der Waals surface area contributed by atoms with Gasteiger partial charge < -0.3 is 59.8 Å². The molecule has 7 rings (SSSR count). The summed E-state index contributed by atoms with van der Waals surface area (Å²) in [5.41, 5.74) is -0.867. The smallest absolute Gasteiger partial charge is 0.335 e. The topological polar surface area (TPSA) is 267 Å². The molecule has 0 aromatic carbocycles. The molecular weight excluding hydrogens is 748 g/mol. The number of aliphatic carboxylic acids is 3. The summed E-state index contributed by atoms with van der Waals surface area (Å²) in [6.07, 6.45) is -12.1. The number of fused-ring (bicyclic) bond motifs is 7. The minimum absolute atomic E-state index is 0.0107. The summed E-state index contributed by atoms with van der Waals surface area (Å²) < 4.78 is 23.3. The van der Waals surface area contributed by atoms with E-state index < -0.39 is 108 Å². The van der Waals surface area contributed by atoms with Crippen LogP contribution in [0.25, 0.3) is 0 Å². The Morgan fingerprint density at radius 2 is 1.30 bits per heavy atom. The van der Waals surface area contributed by atoms with Crippen molar-refractivity contribution in [1.29, 1.82) is 0 Å². The number of carbonyl (C=O) groups excluding carboxylic acids is 1. The molecule has 0 aromatic heterocycles. The van der Waals surface area contributed by atoms with Crippen molar-refractivity contribution in [3.63, 3.8) is 0 Å². The fourth-order valence-electron chi connectivity index (χ4n) is 13.2. The average molecular weight is 809 g/mol. The fourth-order valence-corrected chi connectivity index (χ4v) is 13.2. The summed E-state index contributed by atoms with van der Waals surface area (Å²) in [5, 5.41) is 82.7. The van der Waals surface area contributed by atoms with E-state index in [1.807, 2.05) is 19.9 Å². The summed E-state index contributed by atoms with van der Waals surface area (Å²) in [5.74, 6) is -4.84. The highest BCUT2D eigenvalue weighted by Gasteiger charge is 2.70. The molecule has 57 heavy (non-hydrogen) atoms. The zero-order chi connectivity index (χ0) is 41.9. The molecule has 2 saturated heterocycles. The molecule has 320 valence electrons. The molecule has 0 aromatic rings. The van der Waals surface area contributed by atoms with E-state index in [9.17, 15) is 60.0 Å². The standard InChI is InChI=1S/C41H60O16/c1-37(2)21-8-12-41(6)31(20(42)16-19-18-15-17(32(48)49)7-10-38(18,3)13-14-40(19,41)5)39(21,4)11-9-22(37)54-36-30(26(46)25(45)29(56-36)34(52)53)57-35-27(47)23(43)24(44)28(55-35)33(50)51/h16-18,21-31,35-36,43-47H,7-15H2,1-6H3,(H,48,49)(H,50,51)(H,52,53)/t17-,18-,21-,22-,23-,24-,25-,26-,27+,28-,29-,30+,31+,35-,36-,38+,39-,40+,41+/m0/s1. The molecule has 19 atom stereocenters. The van der Waals surface area contributed by atoms with Crippen LogP contribution in [-0.4, -0.2) is 132 Å². The first-order chi connectivity index (χ1) is 26.4. The Balaban J connectivity index is 1.17. The van der Waals surface area contributed by atoms with Crippen molar-refractivity contribution in [3.05, 3.63) is 11.6 Å². The van der Waals surface area contributed by atoms with Gasteiger partial charge in [-0.25, -0.2) is 9.59 Å². The van der Waals surface area contributed by atoms with E-state index in [1.165, 1.54) is 0 Å². The van der Waals surface area contributed by atoms with Crippen molar-refractivity contribution in [1.82, 2.24) is 0 Å². The van der Waals surface area contributed by atoms with Gasteiger partial charge in [-0.15, -0.1) is 0 Å². The number of hydrogen-bond acceptors (Lipinski definition) is 13. The van der Waals surface area contributed by atoms with Gasteiger partial charge in [0.2, 0.25) is 0 Å². The van der Waals surface area contributed by atoms with Crippen molar-refractivity contribution in [2.75, 3.05) is 0 Å². The number of hydrogen-bond donors (Lipinski definition) is 8. The predicted octanol–water partition coefficient (Wildman–Crippen LogP) is 1.86. The second kappa shape index (κ2) is 14.3. The van der Waals surface area contributed by atoms with E-state index >= 15 is 0 Å². The Labute approximate surface area is 331 Å². The number of carbonyl (C=O) groups is 4. The molecule has 4 saturated carbocycles. The van der Waals surface area contributed by atoms with Crippen LogP contribution in [0.1, 0.15) is 99.3 Å². The second-order valence-corrected chi connectivity index (χ2v) is 19.9. The number of aliphatic hydroxyl groups excluding tert-OH is 5. The third-order valence-corrected chi connectivity index (χ3v) is 16.7. The molecule has 0 spiro atoms. The van der Waals surface area contributed by atoms with Crippen LogP contribution >= 0.6 is 0 Å². The lowest BCUT2D eigenvalue weighted by molar-refractivity contribution is -0.371. The molecule has 0 bridgehead atoms. The Bertz CT molecular complexity index is 1680. The van der Waals surface area contributed by atoms with Crippen molar-refractivity contribution in [3.8, 4) is 0 Å². The van der Waals surface area contributed by atoms with Crippen LogP contribution in [0, 0.1) is 50.7 Å². The van der Waals surface area contributed by atoms with E-state index in [4.69, 9.17) is 18.9 Å². The first-order valence-electron chi connectivity index (χ1n) is 20.4. The van der Waals surface area contributed by atoms with Crippen LogP contribution in [0.2, 0.25) is 0 Å². The number of carboxylic acids is 3. The molecule has 7 aliphatic rings. The lowest BCUT2D eigenvalue weighted by Crippen LogP contribution is -2.68. The molecule has 5 aliphatic carbocycles. The second-order valence-electron chi connectivity index (χ2n) is 19.9. The largest absolute Gasteiger partial charge is 0.481 e. The van der Waals surface area contributed by atoms with Crippen LogP contribution in [0.3, 0.4) is 0 Å². The number of ether oxygens (including phenoxy) is 4. The monoisotopic (exact) mass is 808 g/mol. The first kappa shape index (κ1) is 42.6. The Morgan fingerprint density at radius 3 is 1.91 bits per heavy atom. The van der Waals surface area contributed by atoms with Crippen LogP contribution in [0.15, 0.2) is 11.6 Å². The molecule has 0 radical (unpaired) electrons. The molecule has 2 heterocycles. The highest BCUT2D eigenvalue weighted by Crippen LogP contribution is 2.75. The van der Waals surface area contributed by atoms with Gasteiger partial charge in [-0.2, -0.15) is 0 Å². The van der Waals surface area contributed by atoms with Crippen molar-refractivity contribution >= 4 is 23.7 Å². The first-order valence-corrected chi connectivity index (χ1v) is 20.4. The van der Waals surface area contributed by atoms with Gasteiger partial charge in [0.25, 0.3) is 0 Å². The van der Waals surface area contributed by atoms with Crippen molar-refractivity contribution < 1.29 is 79.0 Å². The van der Waals surface area contributed by atoms with Crippen LogP contribution in [-0.2, 0) is 38.1 Å². The normalized spacial score (nSPS) is 51.9. The van der Waals surface area contributed by atoms with Crippen molar-refractivity contribution in [2.45, 2.75) is 167 Å². The third kappa shape index (κ3) is 6.34. The van der Waals surface area contributed by atoms with Gasteiger partial charge in [0.15, 0.2) is 30.6 Å².